The molecule has 1 fully saturated rings. The molecule has 0 radical (unpaired) electrons. The molecule has 0 unspecified atom stereocenters. The third-order valence-electron chi connectivity index (χ3n) is 5.18. The molecule has 1 saturated heterocycles. The van der Waals surface area contributed by atoms with Crippen molar-refractivity contribution in [3.8, 4) is 5.88 Å². The fourth-order valence-electron chi connectivity index (χ4n) is 3.46. The number of guanidine groups is 1. The molecule has 170 valence electrons. The van der Waals surface area contributed by atoms with Crippen LogP contribution in [-0.4, -0.2) is 48.6 Å². The first-order valence-electron chi connectivity index (χ1n) is 10.7. The minimum atomic E-state index is -0.183. The Bertz CT molecular complexity index is 793. The largest absolute Gasteiger partial charge is 0.478 e. The van der Waals surface area contributed by atoms with Crippen molar-refractivity contribution in [2.24, 2.45) is 4.99 Å². The second kappa shape index (κ2) is 13.5. The SMILES string of the molecule is CCCOc1ccc(CNC(=NC)NC2CCN(Cc3ccc(F)cc3)CC2)cn1.I. The van der Waals surface area contributed by atoms with Crippen LogP contribution in [0.2, 0.25) is 0 Å². The van der Waals surface area contributed by atoms with E-state index in [9.17, 15) is 4.39 Å². The van der Waals surface area contributed by atoms with Crippen molar-refractivity contribution in [3.05, 3.63) is 59.5 Å². The van der Waals surface area contributed by atoms with Gasteiger partial charge in [-0.1, -0.05) is 25.1 Å². The lowest BCUT2D eigenvalue weighted by atomic mass is 10.0. The number of hydrogen-bond acceptors (Lipinski definition) is 4. The van der Waals surface area contributed by atoms with E-state index in [1.807, 2.05) is 30.5 Å². The molecule has 1 aliphatic rings. The summed E-state index contributed by atoms with van der Waals surface area (Å²) in [5.74, 6) is 1.28. The van der Waals surface area contributed by atoms with E-state index in [2.05, 4.69) is 32.4 Å². The quantitative estimate of drug-likeness (QED) is 0.301. The molecule has 2 N–H and O–H groups in total. The van der Waals surface area contributed by atoms with Crippen LogP contribution >= 0.6 is 24.0 Å². The lowest BCUT2D eigenvalue weighted by molar-refractivity contribution is 0.198. The average molecular weight is 541 g/mol. The molecule has 0 aliphatic carbocycles. The lowest BCUT2D eigenvalue weighted by Crippen LogP contribution is -2.48. The van der Waals surface area contributed by atoms with Crippen LogP contribution < -0.4 is 15.4 Å². The number of halogens is 2. The van der Waals surface area contributed by atoms with Crippen molar-refractivity contribution < 1.29 is 9.13 Å². The summed E-state index contributed by atoms with van der Waals surface area (Å²) in [5, 5.41) is 6.89. The van der Waals surface area contributed by atoms with Crippen molar-refractivity contribution in [2.45, 2.75) is 45.3 Å². The van der Waals surface area contributed by atoms with Gasteiger partial charge in [0.25, 0.3) is 0 Å². The summed E-state index contributed by atoms with van der Waals surface area (Å²) >= 11 is 0. The highest BCUT2D eigenvalue weighted by Crippen LogP contribution is 2.14. The fourth-order valence-corrected chi connectivity index (χ4v) is 3.46. The lowest BCUT2D eigenvalue weighted by Gasteiger charge is -2.33. The number of rotatable bonds is 8. The van der Waals surface area contributed by atoms with Crippen molar-refractivity contribution in [3.63, 3.8) is 0 Å². The third-order valence-corrected chi connectivity index (χ3v) is 5.18. The van der Waals surface area contributed by atoms with E-state index >= 15 is 0 Å². The van der Waals surface area contributed by atoms with Gasteiger partial charge in [0.2, 0.25) is 5.88 Å². The van der Waals surface area contributed by atoms with Gasteiger partial charge in [0.05, 0.1) is 6.61 Å². The van der Waals surface area contributed by atoms with Gasteiger partial charge in [-0.2, -0.15) is 0 Å². The molecule has 0 amide bonds. The maximum Gasteiger partial charge on any atom is 0.213 e. The van der Waals surface area contributed by atoms with Crippen LogP contribution in [-0.2, 0) is 13.1 Å². The molecule has 0 bridgehead atoms. The van der Waals surface area contributed by atoms with Crippen molar-refractivity contribution >= 4 is 29.9 Å². The van der Waals surface area contributed by atoms with Crippen molar-refractivity contribution in [2.75, 3.05) is 26.7 Å². The summed E-state index contributed by atoms with van der Waals surface area (Å²) in [6.07, 6.45) is 4.90. The molecule has 0 atom stereocenters. The summed E-state index contributed by atoms with van der Waals surface area (Å²) in [5.41, 5.74) is 2.23. The van der Waals surface area contributed by atoms with Gasteiger partial charge < -0.3 is 15.4 Å². The van der Waals surface area contributed by atoms with Gasteiger partial charge in [0, 0.05) is 51.5 Å². The summed E-state index contributed by atoms with van der Waals surface area (Å²) in [6.45, 7) is 6.30. The first-order valence-corrected chi connectivity index (χ1v) is 10.7. The standard InChI is InChI=1S/C23H32FN5O.HI/c1-3-14-30-22-9-6-19(15-26-22)16-27-23(25-2)28-21-10-12-29(13-11-21)17-18-4-7-20(24)8-5-18;/h4-9,15,21H,3,10-14,16-17H2,1-2H3,(H2,25,27,28);1H. The Morgan fingerprint density at radius 3 is 2.48 bits per heavy atom. The normalized spacial score (nSPS) is 15.3. The number of hydrogen-bond donors (Lipinski definition) is 2. The zero-order chi connectivity index (χ0) is 21.2. The molecule has 1 aliphatic heterocycles. The number of aromatic nitrogens is 1. The van der Waals surface area contributed by atoms with Gasteiger partial charge in [-0.15, -0.1) is 24.0 Å². The van der Waals surface area contributed by atoms with Gasteiger partial charge >= 0.3 is 0 Å². The Morgan fingerprint density at radius 2 is 1.87 bits per heavy atom. The monoisotopic (exact) mass is 541 g/mol. The Morgan fingerprint density at radius 1 is 1.16 bits per heavy atom. The van der Waals surface area contributed by atoms with Gasteiger partial charge in [-0.3, -0.25) is 9.89 Å². The van der Waals surface area contributed by atoms with Crippen LogP contribution in [0.15, 0.2) is 47.6 Å². The number of ether oxygens (including phenoxy) is 1. The molecule has 8 heteroatoms. The topological polar surface area (TPSA) is 61.8 Å². The number of nitrogens with zero attached hydrogens (tertiary/aromatic N) is 3. The summed E-state index contributed by atoms with van der Waals surface area (Å²) in [6, 6.07) is 11.1. The molecule has 1 aromatic heterocycles. The predicted octanol–water partition coefficient (Wildman–Crippen LogP) is 3.96. The van der Waals surface area contributed by atoms with Crippen LogP contribution in [0.4, 0.5) is 4.39 Å². The minimum Gasteiger partial charge on any atom is -0.478 e. The van der Waals surface area contributed by atoms with E-state index in [0.717, 1.165) is 56.0 Å². The number of benzene rings is 1. The number of pyridine rings is 1. The first kappa shape index (κ1) is 25.3. The Hall–Kier alpha value is -1.94. The Labute approximate surface area is 201 Å². The highest BCUT2D eigenvalue weighted by atomic mass is 127. The number of nitrogens with one attached hydrogen (secondary N) is 2. The van der Waals surface area contributed by atoms with Crippen LogP contribution in [0.25, 0.3) is 0 Å². The number of piperidine rings is 1. The van der Waals surface area contributed by atoms with Crippen LogP contribution in [0.3, 0.4) is 0 Å². The maximum absolute atomic E-state index is 13.1. The van der Waals surface area contributed by atoms with E-state index < -0.39 is 0 Å². The van der Waals surface area contributed by atoms with Gasteiger partial charge in [-0.05, 0) is 42.5 Å². The molecule has 2 heterocycles. The van der Waals surface area contributed by atoms with E-state index in [1.54, 1.807) is 7.05 Å². The molecule has 2 aromatic rings. The van der Waals surface area contributed by atoms with Crippen molar-refractivity contribution in [1.29, 1.82) is 0 Å². The smallest absolute Gasteiger partial charge is 0.213 e. The molecule has 3 rings (SSSR count). The molecular formula is C23H33FIN5O. The molecule has 0 saturated carbocycles. The van der Waals surface area contributed by atoms with Gasteiger partial charge in [0.1, 0.15) is 5.82 Å². The predicted molar refractivity (Wildman–Crippen MR) is 133 cm³/mol. The zero-order valence-electron chi connectivity index (χ0n) is 18.3. The highest BCUT2D eigenvalue weighted by Gasteiger charge is 2.20. The number of aliphatic imine (C=N–C) groups is 1. The Kier molecular flexibility index (Phi) is 11.0. The second-order valence-electron chi connectivity index (χ2n) is 7.60. The van der Waals surface area contributed by atoms with E-state index in [-0.39, 0.29) is 29.8 Å². The highest BCUT2D eigenvalue weighted by molar-refractivity contribution is 14.0. The second-order valence-corrected chi connectivity index (χ2v) is 7.60. The van der Waals surface area contributed by atoms with Crippen LogP contribution in [0.5, 0.6) is 5.88 Å². The molecular weight excluding hydrogens is 508 g/mol. The van der Waals surface area contributed by atoms with E-state index in [0.29, 0.717) is 25.1 Å². The number of likely N-dealkylation sites (tertiary alicyclic amines) is 1. The van der Waals surface area contributed by atoms with E-state index in [1.165, 1.54) is 12.1 Å². The average Bonchev–Trinajstić information content (AvgIpc) is 2.78. The fraction of sp³-hybridized carbons (Fsp3) is 0.478. The summed E-state index contributed by atoms with van der Waals surface area (Å²) < 4.78 is 18.6. The zero-order valence-corrected chi connectivity index (χ0v) is 20.6. The first-order chi connectivity index (χ1) is 14.7. The molecule has 0 spiro atoms. The van der Waals surface area contributed by atoms with Crippen LogP contribution in [0, 0.1) is 5.82 Å². The Balaban J connectivity index is 0.00000341. The van der Waals surface area contributed by atoms with Crippen molar-refractivity contribution in [1.82, 2.24) is 20.5 Å². The summed E-state index contributed by atoms with van der Waals surface area (Å²) in [4.78, 5) is 11.1. The van der Waals surface area contributed by atoms with Gasteiger partial charge in [-0.25, -0.2) is 9.37 Å². The van der Waals surface area contributed by atoms with Crippen LogP contribution in [0.1, 0.15) is 37.3 Å². The minimum absolute atomic E-state index is 0. The van der Waals surface area contributed by atoms with Gasteiger partial charge in [0.15, 0.2) is 5.96 Å². The summed E-state index contributed by atoms with van der Waals surface area (Å²) in [7, 11) is 1.79. The maximum atomic E-state index is 13.1. The molecule has 31 heavy (non-hydrogen) atoms. The molecule has 1 aromatic carbocycles. The third kappa shape index (κ3) is 8.60. The molecule has 6 nitrogen and oxygen atoms in total. The van der Waals surface area contributed by atoms with E-state index in [4.69, 9.17) is 4.74 Å².